The highest BCUT2D eigenvalue weighted by Crippen LogP contribution is 2.33. The Morgan fingerprint density at radius 1 is 1.40 bits per heavy atom. The van der Waals surface area contributed by atoms with Crippen LogP contribution in [0.1, 0.15) is 28.8 Å². The molecule has 130 valence electrons. The molecule has 1 saturated heterocycles. The van der Waals surface area contributed by atoms with Crippen LogP contribution in [0.3, 0.4) is 0 Å². The third-order valence-corrected chi connectivity index (χ3v) is 4.71. The summed E-state index contributed by atoms with van der Waals surface area (Å²) in [6.45, 7) is 0.469. The highest BCUT2D eigenvalue weighted by atomic mass is 19.1. The van der Waals surface area contributed by atoms with Crippen LogP contribution in [-0.4, -0.2) is 50.3 Å². The Hall–Kier alpha value is -2.74. The van der Waals surface area contributed by atoms with Crippen LogP contribution in [0.15, 0.2) is 30.6 Å². The zero-order valence-corrected chi connectivity index (χ0v) is 13.9. The van der Waals surface area contributed by atoms with E-state index in [2.05, 4.69) is 15.2 Å². The molecule has 1 aliphatic heterocycles. The largest absolute Gasteiger partial charge is 0.380 e. The van der Waals surface area contributed by atoms with Gasteiger partial charge in [-0.2, -0.15) is 0 Å². The van der Waals surface area contributed by atoms with Crippen LogP contribution in [0, 0.1) is 5.82 Å². The summed E-state index contributed by atoms with van der Waals surface area (Å²) in [7, 11) is 3.49. The number of ether oxygens (including phenoxy) is 1. The molecular formula is C17H18FN5O2. The van der Waals surface area contributed by atoms with E-state index < -0.39 is 0 Å². The second-order valence-electron chi connectivity index (χ2n) is 6.28. The van der Waals surface area contributed by atoms with Gasteiger partial charge < -0.3 is 19.2 Å². The molecule has 0 bridgehead atoms. The highest BCUT2D eigenvalue weighted by Gasteiger charge is 2.39. The van der Waals surface area contributed by atoms with Gasteiger partial charge in [-0.25, -0.2) is 4.39 Å². The lowest BCUT2D eigenvalue weighted by molar-refractivity contribution is 0.0678. The SMILES string of the molecule is CO[C@@H]1C[C@@H](c2nncn2C)N(C(=O)c2cc3cc(F)ccc3[nH]2)C1. The smallest absolute Gasteiger partial charge is 0.271 e. The number of aryl methyl sites for hydroxylation is 1. The summed E-state index contributed by atoms with van der Waals surface area (Å²) >= 11 is 0. The molecule has 0 spiro atoms. The maximum atomic E-state index is 13.4. The quantitative estimate of drug-likeness (QED) is 0.790. The van der Waals surface area contributed by atoms with E-state index in [4.69, 9.17) is 4.74 Å². The van der Waals surface area contributed by atoms with E-state index in [9.17, 15) is 9.18 Å². The number of H-pyrrole nitrogens is 1. The predicted molar refractivity (Wildman–Crippen MR) is 88.5 cm³/mol. The number of nitrogens with zero attached hydrogens (tertiary/aromatic N) is 4. The van der Waals surface area contributed by atoms with Crippen LogP contribution in [0.2, 0.25) is 0 Å². The number of aromatic nitrogens is 4. The fourth-order valence-corrected chi connectivity index (χ4v) is 3.40. The molecule has 0 aliphatic carbocycles. The highest BCUT2D eigenvalue weighted by molar-refractivity contribution is 5.98. The summed E-state index contributed by atoms with van der Waals surface area (Å²) < 4.78 is 20.7. The molecule has 1 aromatic carbocycles. The topological polar surface area (TPSA) is 76.0 Å². The molecule has 1 N–H and O–H groups in total. The summed E-state index contributed by atoms with van der Waals surface area (Å²) in [5, 5.41) is 8.73. The molecule has 1 aliphatic rings. The average molecular weight is 343 g/mol. The normalized spacial score (nSPS) is 20.5. The minimum Gasteiger partial charge on any atom is -0.380 e. The second-order valence-corrected chi connectivity index (χ2v) is 6.28. The van der Waals surface area contributed by atoms with Crippen molar-refractivity contribution < 1.29 is 13.9 Å². The number of benzene rings is 1. The average Bonchev–Trinajstić information content (AvgIpc) is 3.30. The van der Waals surface area contributed by atoms with Crippen molar-refractivity contribution in [2.45, 2.75) is 18.6 Å². The summed E-state index contributed by atoms with van der Waals surface area (Å²) in [6.07, 6.45) is 2.21. The summed E-state index contributed by atoms with van der Waals surface area (Å²) in [5.74, 6) is 0.224. The van der Waals surface area contributed by atoms with Crippen molar-refractivity contribution in [3.05, 3.63) is 47.9 Å². The molecule has 7 nitrogen and oxygen atoms in total. The van der Waals surface area contributed by atoms with Crippen molar-refractivity contribution in [1.82, 2.24) is 24.6 Å². The number of amides is 1. The van der Waals surface area contributed by atoms with E-state index in [1.165, 1.54) is 12.1 Å². The lowest BCUT2D eigenvalue weighted by Crippen LogP contribution is -2.33. The third-order valence-electron chi connectivity index (χ3n) is 4.71. The van der Waals surface area contributed by atoms with Crippen LogP contribution < -0.4 is 0 Å². The van der Waals surface area contributed by atoms with Crippen LogP contribution in [0.5, 0.6) is 0 Å². The number of methoxy groups -OCH3 is 1. The number of halogens is 1. The number of carbonyl (C=O) groups is 1. The first-order valence-electron chi connectivity index (χ1n) is 8.02. The van der Waals surface area contributed by atoms with Crippen molar-refractivity contribution in [3.63, 3.8) is 0 Å². The number of fused-ring (bicyclic) bond motifs is 1. The number of likely N-dealkylation sites (tertiary alicyclic amines) is 1. The van der Waals surface area contributed by atoms with E-state index >= 15 is 0 Å². The number of aromatic amines is 1. The van der Waals surface area contributed by atoms with Gasteiger partial charge in [0.1, 0.15) is 17.8 Å². The Labute approximate surface area is 143 Å². The van der Waals surface area contributed by atoms with E-state index in [1.807, 2.05) is 11.6 Å². The van der Waals surface area contributed by atoms with Gasteiger partial charge in [0.25, 0.3) is 5.91 Å². The molecule has 2 atom stereocenters. The maximum absolute atomic E-state index is 13.4. The number of rotatable bonds is 3. The molecule has 2 aromatic heterocycles. The number of hydrogen-bond acceptors (Lipinski definition) is 4. The molecule has 1 amide bonds. The lowest BCUT2D eigenvalue weighted by atomic mass is 10.2. The molecule has 0 unspecified atom stereocenters. The molecule has 0 radical (unpaired) electrons. The minimum atomic E-state index is -0.330. The van der Waals surface area contributed by atoms with E-state index in [0.29, 0.717) is 24.0 Å². The summed E-state index contributed by atoms with van der Waals surface area (Å²) in [5.41, 5.74) is 1.15. The Balaban J connectivity index is 1.69. The van der Waals surface area contributed by atoms with Crippen molar-refractivity contribution in [3.8, 4) is 0 Å². The van der Waals surface area contributed by atoms with Gasteiger partial charge in [-0.15, -0.1) is 10.2 Å². The molecule has 25 heavy (non-hydrogen) atoms. The Kier molecular flexibility index (Phi) is 3.76. The van der Waals surface area contributed by atoms with E-state index in [-0.39, 0.29) is 23.9 Å². The summed E-state index contributed by atoms with van der Waals surface area (Å²) in [6, 6.07) is 5.86. The standard InChI is InChI=1S/C17H18FN5O2/c1-22-9-19-21-16(22)15-7-12(25-2)8-23(15)17(24)14-6-10-5-11(18)3-4-13(10)20-14/h3-6,9,12,15,20H,7-8H2,1-2H3/t12-,15+/m1/s1. The van der Waals surface area contributed by atoms with Gasteiger partial charge in [-0.3, -0.25) is 4.79 Å². The molecule has 4 rings (SSSR count). The number of nitrogens with one attached hydrogen (secondary N) is 1. The first-order valence-corrected chi connectivity index (χ1v) is 8.02. The zero-order valence-electron chi connectivity index (χ0n) is 13.9. The number of carbonyl (C=O) groups excluding carboxylic acids is 1. The van der Waals surface area contributed by atoms with Crippen molar-refractivity contribution >= 4 is 16.8 Å². The van der Waals surface area contributed by atoms with Crippen LogP contribution in [0.25, 0.3) is 10.9 Å². The van der Waals surface area contributed by atoms with Gasteiger partial charge in [-0.1, -0.05) is 0 Å². The lowest BCUT2D eigenvalue weighted by Gasteiger charge is -2.23. The molecule has 3 heterocycles. The fraction of sp³-hybridized carbons (Fsp3) is 0.353. The monoisotopic (exact) mass is 343 g/mol. The molecular weight excluding hydrogens is 325 g/mol. The first-order chi connectivity index (χ1) is 12.1. The predicted octanol–water partition coefficient (Wildman–Crippen LogP) is 2.04. The van der Waals surface area contributed by atoms with Crippen molar-refractivity contribution in [2.24, 2.45) is 7.05 Å². The van der Waals surface area contributed by atoms with Gasteiger partial charge in [0.2, 0.25) is 0 Å². The van der Waals surface area contributed by atoms with Crippen LogP contribution >= 0.6 is 0 Å². The van der Waals surface area contributed by atoms with Gasteiger partial charge in [-0.05, 0) is 24.3 Å². The third kappa shape index (κ3) is 2.68. The molecule has 0 saturated carbocycles. The fourth-order valence-electron chi connectivity index (χ4n) is 3.40. The Morgan fingerprint density at radius 2 is 2.24 bits per heavy atom. The van der Waals surface area contributed by atoms with Gasteiger partial charge >= 0.3 is 0 Å². The van der Waals surface area contributed by atoms with Crippen LogP contribution in [0.4, 0.5) is 4.39 Å². The van der Waals surface area contributed by atoms with E-state index in [0.717, 1.165) is 11.3 Å². The van der Waals surface area contributed by atoms with Crippen molar-refractivity contribution in [2.75, 3.05) is 13.7 Å². The van der Waals surface area contributed by atoms with Crippen LogP contribution in [-0.2, 0) is 11.8 Å². The second kappa shape index (κ2) is 5.96. The van der Waals surface area contributed by atoms with Gasteiger partial charge in [0, 0.05) is 38.0 Å². The zero-order chi connectivity index (χ0) is 17.6. The maximum Gasteiger partial charge on any atom is 0.271 e. The summed E-state index contributed by atoms with van der Waals surface area (Å²) in [4.78, 5) is 17.9. The first kappa shape index (κ1) is 15.8. The minimum absolute atomic E-state index is 0.0625. The molecule has 3 aromatic rings. The van der Waals surface area contributed by atoms with Gasteiger partial charge in [0.05, 0.1) is 12.1 Å². The Morgan fingerprint density at radius 3 is 2.96 bits per heavy atom. The molecule has 8 heteroatoms. The van der Waals surface area contributed by atoms with Crippen molar-refractivity contribution in [1.29, 1.82) is 0 Å². The van der Waals surface area contributed by atoms with E-state index in [1.54, 1.807) is 30.5 Å². The Bertz CT molecular complexity index is 934. The number of hydrogen-bond donors (Lipinski definition) is 1. The molecule has 1 fully saturated rings. The van der Waals surface area contributed by atoms with Gasteiger partial charge in [0.15, 0.2) is 5.82 Å².